The third-order valence-corrected chi connectivity index (χ3v) is 2.97. The normalized spacial score (nSPS) is 11.8. The van der Waals surface area contributed by atoms with E-state index in [1.54, 1.807) is 27.0 Å². The summed E-state index contributed by atoms with van der Waals surface area (Å²) < 4.78 is 0. The van der Waals surface area contributed by atoms with Crippen molar-refractivity contribution in [1.29, 1.82) is 0 Å². The molecule has 2 amide bonds. The minimum atomic E-state index is -1.05. The van der Waals surface area contributed by atoms with Crippen LogP contribution in [0.25, 0.3) is 0 Å². The van der Waals surface area contributed by atoms with Crippen LogP contribution in [0.15, 0.2) is 18.2 Å². The van der Waals surface area contributed by atoms with Crippen molar-refractivity contribution < 1.29 is 19.8 Å². The number of likely N-dealkylation sites (N-methyl/N-ethyl adjacent to an activating group) is 1. The molecule has 0 aliphatic heterocycles. The van der Waals surface area contributed by atoms with Gasteiger partial charge in [0.25, 0.3) is 0 Å². The number of aromatic carboxylic acids is 1. The first-order valence-electron chi connectivity index (χ1n) is 5.85. The molecule has 0 radical (unpaired) electrons. The minimum absolute atomic E-state index is 0.110. The Morgan fingerprint density at radius 1 is 1.42 bits per heavy atom. The fraction of sp³-hybridized carbons (Fsp3) is 0.385. The lowest BCUT2D eigenvalue weighted by molar-refractivity contribution is 0.0697. The van der Waals surface area contributed by atoms with E-state index in [4.69, 9.17) is 10.2 Å². The fourth-order valence-electron chi connectivity index (χ4n) is 1.42. The third kappa shape index (κ3) is 3.69. The van der Waals surface area contributed by atoms with Crippen molar-refractivity contribution >= 4 is 17.7 Å². The number of benzene rings is 1. The van der Waals surface area contributed by atoms with E-state index in [1.807, 2.05) is 0 Å². The van der Waals surface area contributed by atoms with Crippen molar-refractivity contribution in [3.8, 4) is 0 Å². The van der Waals surface area contributed by atoms with Crippen molar-refractivity contribution in [2.45, 2.75) is 19.9 Å². The summed E-state index contributed by atoms with van der Waals surface area (Å²) in [6.07, 6.45) is 0. The zero-order valence-corrected chi connectivity index (χ0v) is 11.2. The Morgan fingerprint density at radius 3 is 2.58 bits per heavy atom. The molecule has 0 bridgehead atoms. The number of hydrogen-bond acceptors (Lipinski definition) is 3. The molecule has 0 aromatic heterocycles. The lowest BCUT2D eigenvalue weighted by Crippen LogP contribution is -2.40. The number of aliphatic hydroxyl groups is 1. The highest BCUT2D eigenvalue weighted by atomic mass is 16.4. The van der Waals surface area contributed by atoms with Crippen molar-refractivity contribution in [3.63, 3.8) is 0 Å². The molecule has 1 rings (SSSR count). The van der Waals surface area contributed by atoms with Crippen LogP contribution in [-0.2, 0) is 0 Å². The maximum absolute atomic E-state index is 11.9. The van der Waals surface area contributed by atoms with E-state index in [1.165, 1.54) is 17.0 Å². The van der Waals surface area contributed by atoms with Crippen LogP contribution in [-0.4, -0.2) is 46.8 Å². The lowest BCUT2D eigenvalue weighted by atomic mass is 10.1. The number of carbonyl (C=O) groups excluding carboxylic acids is 1. The smallest absolute Gasteiger partial charge is 0.335 e. The predicted molar refractivity (Wildman–Crippen MR) is 71.5 cm³/mol. The van der Waals surface area contributed by atoms with Gasteiger partial charge in [0.2, 0.25) is 0 Å². The molecule has 6 heteroatoms. The number of nitrogens with zero attached hydrogens (tertiary/aromatic N) is 1. The zero-order chi connectivity index (χ0) is 14.6. The van der Waals surface area contributed by atoms with Gasteiger partial charge in [0.15, 0.2) is 0 Å². The molecule has 104 valence electrons. The molecule has 0 heterocycles. The number of aliphatic hydroxyl groups excluding tert-OH is 1. The standard InChI is InChI=1S/C13H18N2O4/c1-8-4-5-10(12(17)18)6-11(8)14-13(19)15(3)9(2)7-16/h4-6,9,16H,7H2,1-3H3,(H,14,19)(H,17,18). The SMILES string of the molecule is Cc1ccc(C(=O)O)cc1NC(=O)N(C)C(C)CO. The largest absolute Gasteiger partial charge is 0.478 e. The average molecular weight is 266 g/mol. The molecule has 0 saturated heterocycles. The molecule has 19 heavy (non-hydrogen) atoms. The van der Waals surface area contributed by atoms with Gasteiger partial charge >= 0.3 is 12.0 Å². The molecule has 1 aromatic carbocycles. The van der Waals surface area contributed by atoms with Crippen molar-refractivity contribution in [3.05, 3.63) is 29.3 Å². The van der Waals surface area contributed by atoms with Gasteiger partial charge in [0.05, 0.1) is 18.2 Å². The molecule has 0 aliphatic rings. The summed E-state index contributed by atoms with van der Waals surface area (Å²) in [5.41, 5.74) is 1.32. The van der Waals surface area contributed by atoms with Crippen LogP contribution in [0.2, 0.25) is 0 Å². The monoisotopic (exact) mass is 266 g/mol. The Balaban J connectivity index is 2.90. The molecule has 1 atom stereocenters. The van der Waals surface area contributed by atoms with E-state index >= 15 is 0 Å². The highest BCUT2D eigenvalue weighted by molar-refractivity contribution is 5.94. The summed E-state index contributed by atoms with van der Waals surface area (Å²) in [7, 11) is 1.56. The maximum Gasteiger partial charge on any atom is 0.335 e. The number of urea groups is 1. The Kier molecular flexibility index (Phi) is 4.88. The van der Waals surface area contributed by atoms with Crippen LogP contribution >= 0.6 is 0 Å². The van der Waals surface area contributed by atoms with Gasteiger partial charge in [-0.2, -0.15) is 0 Å². The van der Waals surface area contributed by atoms with Crippen molar-refractivity contribution in [1.82, 2.24) is 4.90 Å². The number of amides is 2. The number of aryl methyl sites for hydroxylation is 1. The topological polar surface area (TPSA) is 89.9 Å². The van der Waals surface area contributed by atoms with E-state index in [9.17, 15) is 9.59 Å². The number of carbonyl (C=O) groups is 2. The third-order valence-electron chi connectivity index (χ3n) is 2.97. The number of hydrogen-bond donors (Lipinski definition) is 3. The summed E-state index contributed by atoms with van der Waals surface area (Å²) in [6.45, 7) is 3.34. The molecule has 0 saturated carbocycles. The highest BCUT2D eigenvalue weighted by Gasteiger charge is 2.16. The van der Waals surface area contributed by atoms with E-state index in [0.717, 1.165) is 5.56 Å². The molecule has 0 spiro atoms. The van der Waals surface area contributed by atoms with Crippen molar-refractivity contribution in [2.75, 3.05) is 19.0 Å². The quantitative estimate of drug-likeness (QED) is 0.771. The molecule has 0 fully saturated rings. The van der Waals surface area contributed by atoms with Gasteiger partial charge < -0.3 is 20.4 Å². The van der Waals surface area contributed by atoms with E-state index in [2.05, 4.69) is 5.32 Å². The summed E-state index contributed by atoms with van der Waals surface area (Å²) in [5, 5.41) is 20.5. The number of anilines is 1. The molecule has 0 aliphatic carbocycles. The molecule has 1 aromatic rings. The Hall–Kier alpha value is -2.08. The highest BCUT2D eigenvalue weighted by Crippen LogP contribution is 2.17. The predicted octanol–water partition coefficient (Wildman–Crippen LogP) is 1.54. The second kappa shape index (κ2) is 6.19. The first-order valence-corrected chi connectivity index (χ1v) is 5.85. The van der Waals surface area contributed by atoms with E-state index < -0.39 is 12.0 Å². The first kappa shape index (κ1) is 15.0. The van der Waals surface area contributed by atoms with Gasteiger partial charge in [0.1, 0.15) is 0 Å². The van der Waals surface area contributed by atoms with Gasteiger partial charge in [-0.1, -0.05) is 6.07 Å². The maximum atomic E-state index is 11.9. The Labute approximate surface area is 111 Å². The molecule has 1 unspecified atom stereocenters. The van der Waals surface area contributed by atoms with Crippen LogP contribution in [0, 0.1) is 6.92 Å². The lowest BCUT2D eigenvalue weighted by Gasteiger charge is -2.24. The average Bonchev–Trinajstić information content (AvgIpc) is 2.38. The number of rotatable bonds is 4. The molecule has 6 nitrogen and oxygen atoms in total. The summed E-state index contributed by atoms with van der Waals surface area (Å²) >= 11 is 0. The fourth-order valence-corrected chi connectivity index (χ4v) is 1.42. The first-order chi connectivity index (χ1) is 8.86. The van der Waals surface area contributed by atoms with Crippen molar-refractivity contribution in [2.24, 2.45) is 0 Å². The van der Waals surface area contributed by atoms with Gasteiger partial charge in [-0.15, -0.1) is 0 Å². The number of carboxylic acids is 1. The Morgan fingerprint density at radius 2 is 2.05 bits per heavy atom. The summed E-state index contributed by atoms with van der Waals surface area (Å²) in [4.78, 5) is 24.1. The van der Waals surface area contributed by atoms with Gasteiger partial charge in [-0.25, -0.2) is 9.59 Å². The number of carboxylic acid groups (broad SMARTS) is 1. The second-order valence-corrected chi connectivity index (χ2v) is 4.41. The number of nitrogens with one attached hydrogen (secondary N) is 1. The van der Waals surface area contributed by atoms with Crippen LogP contribution in [0.1, 0.15) is 22.8 Å². The van der Waals surface area contributed by atoms with Gasteiger partial charge in [-0.3, -0.25) is 0 Å². The van der Waals surface area contributed by atoms with Crippen LogP contribution in [0.3, 0.4) is 0 Å². The summed E-state index contributed by atoms with van der Waals surface area (Å²) in [6, 6.07) is 3.81. The second-order valence-electron chi connectivity index (χ2n) is 4.41. The molecular weight excluding hydrogens is 248 g/mol. The molecule has 3 N–H and O–H groups in total. The van der Waals surface area contributed by atoms with Gasteiger partial charge in [0, 0.05) is 12.7 Å². The van der Waals surface area contributed by atoms with Crippen LogP contribution in [0.4, 0.5) is 10.5 Å². The summed E-state index contributed by atoms with van der Waals surface area (Å²) in [5.74, 6) is -1.05. The Bertz CT molecular complexity index is 488. The molecular formula is C13H18N2O4. The zero-order valence-electron chi connectivity index (χ0n) is 11.2. The van der Waals surface area contributed by atoms with E-state index in [0.29, 0.717) is 5.69 Å². The minimum Gasteiger partial charge on any atom is -0.478 e. The van der Waals surface area contributed by atoms with Gasteiger partial charge in [-0.05, 0) is 31.5 Å². The van der Waals surface area contributed by atoms with Crippen LogP contribution < -0.4 is 5.32 Å². The van der Waals surface area contributed by atoms with Crippen LogP contribution in [0.5, 0.6) is 0 Å². The van der Waals surface area contributed by atoms with E-state index in [-0.39, 0.29) is 18.2 Å².